The minimum Gasteiger partial charge on any atom is -0.481 e. The van der Waals surface area contributed by atoms with E-state index in [-0.39, 0.29) is 6.42 Å². The van der Waals surface area contributed by atoms with E-state index in [4.69, 9.17) is 5.11 Å². The highest BCUT2D eigenvalue weighted by Gasteiger charge is 2.04. The number of carbonyl (C=O) groups is 1. The van der Waals surface area contributed by atoms with Crippen LogP contribution in [0.3, 0.4) is 0 Å². The second-order valence-corrected chi connectivity index (χ2v) is 3.38. The van der Waals surface area contributed by atoms with Crippen molar-refractivity contribution in [1.29, 1.82) is 0 Å². The Labute approximate surface area is 82.4 Å². The van der Waals surface area contributed by atoms with Gasteiger partial charge in [-0.1, -0.05) is 24.3 Å². The van der Waals surface area contributed by atoms with Gasteiger partial charge in [-0.3, -0.25) is 4.79 Å². The molecule has 0 saturated heterocycles. The molecule has 0 fully saturated rings. The van der Waals surface area contributed by atoms with Gasteiger partial charge >= 0.3 is 5.97 Å². The van der Waals surface area contributed by atoms with Gasteiger partial charge in [0.2, 0.25) is 0 Å². The first-order valence-electron chi connectivity index (χ1n) is 4.51. The zero-order chi connectivity index (χ0) is 10.6. The molecular formula is C11H13FO2. The highest BCUT2D eigenvalue weighted by atomic mass is 19.1. The van der Waals surface area contributed by atoms with Crippen LogP contribution in [0.4, 0.5) is 4.39 Å². The van der Waals surface area contributed by atoms with Crippen molar-refractivity contribution in [2.45, 2.75) is 25.9 Å². The molecule has 1 aromatic rings. The Kier molecular flexibility index (Phi) is 3.63. The molecule has 14 heavy (non-hydrogen) atoms. The molecule has 0 bridgehead atoms. The maximum Gasteiger partial charge on any atom is 0.307 e. The number of alkyl halides is 1. The van der Waals surface area contributed by atoms with Crippen molar-refractivity contribution in [3.63, 3.8) is 0 Å². The SMILES string of the molecule is CC(F)Cc1cccc(CC(=O)O)c1. The topological polar surface area (TPSA) is 37.3 Å². The van der Waals surface area contributed by atoms with Gasteiger partial charge in [0.25, 0.3) is 0 Å². The normalized spacial score (nSPS) is 12.4. The first-order chi connectivity index (χ1) is 6.58. The van der Waals surface area contributed by atoms with Gasteiger partial charge in [-0.05, 0) is 18.1 Å². The van der Waals surface area contributed by atoms with Crippen LogP contribution in [0.15, 0.2) is 24.3 Å². The average molecular weight is 196 g/mol. The van der Waals surface area contributed by atoms with Gasteiger partial charge in [0.15, 0.2) is 0 Å². The lowest BCUT2D eigenvalue weighted by molar-refractivity contribution is -0.136. The molecule has 0 heterocycles. The smallest absolute Gasteiger partial charge is 0.307 e. The number of hydrogen-bond donors (Lipinski definition) is 1. The lowest BCUT2D eigenvalue weighted by Gasteiger charge is -2.04. The number of aliphatic carboxylic acids is 1. The van der Waals surface area contributed by atoms with E-state index in [1.807, 2.05) is 0 Å². The van der Waals surface area contributed by atoms with Crippen LogP contribution in [0.2, 0.25) is 0 Å². The van der Waals surface area contributed by atoms with Crippen molar-refractivity contribution in [2.24, 2.45) is 0 Å². The van der Waals surface area contributed by atoms with Crippen LogP contribution < -0.4 is 0 Å². The highest BCUT2D eigenvalue weighted by Crippen LogP contribution is 2.09. The first kappa shape index (κ1) is 10.7. The molecule has 1 atom stereocenters. The van der Waals surface area contributed by atoms with Crippen LogP contribution >= 0.6 is 0 Å². The molecule has 1 aromatic carbocycles. The number of hydrogen-bond acceptors (Lipinski definition) is 1. The maximum absolute atomic E-state index is 12.7. The fraction of sp³-hybridized carbons (Fsp3) is 0.364. The van der Waals surface area contributed by atoms with Crippen LogP contribution in [-0.2, 0) is 17.6 Å². The van der Waals surface area contributed by atoms with Crippen LogP contribution in [0.5, 0.6) is 0 Å². The molecule has 0 aliphatic carbocycles. The third kappa shape index (κ3) is 3.56. The maximum atomic E-state index is 12.7. The Morgan fingerprint density at radius 2 is 2.14 bits per heavy atom. The van der Waals surface area contributed by atoms with E-state index < -0.39 is 12.1 Å². The molecule has 0 radical (unpaired) electrons. The summed E-state index contributed by atoms with van der Waals surface area (Å²) < 4.78 is 12.7. The molecule has 0 saturated carbocycles. The predicted molar refractivity (Wildman–Crippen MR) is 52.1 cm³/mol. The van der Waals surface area contributed by atoms with E-state index in [0.717, 1.165) is 11.1 Å². The summed E-state index contributed by atoms with van der Waals surface area (Å²) >= 11 is 0. The lowest BCUT2D eigenvalue weighted by Crippen LogP contribution is -2.02. The quantitative estimate of drug-likeness (QED) is 0.801. The van der Waals surface area contributed by atoms with Crippen LogP contribution in [0.1, 0.15) is 18.1 Å². The Morgan fingerprint density at radius 1 is 1.50 bits per heavy atom. The van der Waals surface area contributed by atoms with Gasteiger partial charge in [-0.25, -0.2) is 4.39 Å². The van der Waals surface area contributed by atoms with Gasteiger partial charge in [0.05, 0.1) is 6.42 Å². The van der Waals surface area contributed by atoms with Crippen LogP contribution in [-0.4, -0.2) is 17.2 Å². The van der Waals surface area contributed by atoms with Gasteiger partial charge in [-0.15, -0.1) is 0 Å². The minimum absolute atomic E-state index is 0.00545. The van der Waals surface area contributed by atoms with Crippen molar-refractivity contribution >= 4 is 5.97 Å². The highest BCUT2D eigenvalue weighted by molar-refractivity contribution is 5.70. The molecule has 1 unspecified atom stereocenters. The second kappa shape index (κ2) is 4.74. The Balaban J connectivity index is 2.73. The third-order valence-corrected chi connectivity index (χ3v) is 1.86. The van der Waals surface area contributed by atoms with E-state index >= 15 is 0 Å². The lowest BCUT2D eigenvalue weighted by atomic mass is 10.0. The average Bonchev–Trinajstić information content (AvgIpc) is 2.01. The fourth-order valence-corrected chi connectivity index (χ4v) is 1.37. The van der Waals surface area contributed by atoms with Gasteiger partial charge in [-0.2, -0.15) is 0 Å². The second-order valence-electron chi connectivity index (χ2n) is 3.38. The zero-order valence-corrected chi connectivity index (χ0v) is 8.03. The minimum atomic E-state index is -0.893. The van der Waals surface area contributed by atoms with Crippen molar-refractivity contribution < 1.29 is 14.3 Å². The molecule has 0 aromatic heterocycles. The summed E-state index contributed by atoms with van der Waals surface area (Å²) in [5.74, 6) is -0.865. The fourth-order valence-electron chi connectivity index (χ4n) is 1.37. The summed E-state index contributed by atoms with van der Waals surface area (Å²) in [5, 5.41) is 8.57. The van der Waals surface area contributed by atoms with Crippen molar-refractivity contribution in [3.05, 3.63) is 35.4 Å². The van der Waals surface area contributed by atoms with Crippen LogP contribution in [0.25, 0.3) is 0 Å². The first-order valence-corrected chi connectivity index (χ1v) is 4.51. The number of carboxylic acids is 1. The standard InChI is InChI=1S/C11H13FO2/c1-8(12)5-9-3-2-4-10(6-9)7-11(13)14/h2-4,6,8H,5,7H2,1H3,(H,13,14). The van der Waals surface area contributed by atoms with Crippen molar-refractivity contribution in [1.82, 2.24) is 0 Å². The number of carboxylic acid groups (broad SMARTS) is 1. The van der Waals surface area contributed by atoms with E-state index in [2.05, 4.69) is 0 Å². The van der Waals surface area contributed by atoms with E-state index in [1.165, 1.54) is 6.92 Å². The van der Waals surface area contributed by atoms with E-state index in [1.54, 1.807) is 24.3 Å². The molecule has 0 spiro atoms. The molecule has 2 nitrogen and oxygen atoms in total. The summed E-state index contributed by atoms with van der Waals surface area (Å²) in [6.45, 7) is 1.49. The largest absolute Gasteiger partial charge is 0.481 e. The summed E-state index contributed by atoms with van der Waals surface area (Å²) in [6.07, 6.45) is -0.558. The summed E-state index contributed by atoms with van der Waals surface area (Å²) in [5.41, 5.74) is 1.56. The van der Waals surface area contributed by atoms with Crippen molar-refractivity contribution in [2.75, 3.05) is 0 Å². The number of rotatable bonds is 4. The summed E-state index contributed by atoms with van der Waals surface area (Å²) in [7, 11) is 0. The van der Waals surface area contributed by atoms with Gasteiger partial charge < -0.3 is 5.11 Å². The number of halogens is 1. The Hall–Kier alpha value is -1.38. The van der Waals surface area contributed by atoms with Crippen molar-refractivity contribution in [3.8, 4) is 0 Å². The number of benzene rings is 1. The van der Waals surface area contributed by atoms with Crippen LogP contribution in [0, 0.1) is 0 Å². The molecule has 0 amide bonds. The molecular weight excluding hydrogens is 183 g/mol. The van der Waals surface area contributed by atoms with Gasteiger partial charge in [0.1, 0.15) is 6.17 Å². The molecule has 0 aliphatic heterocycles. The zero-order valence-electron chi connectivity index (χ0n) is 8.03. The Bertz CT molecular complexity index is 321. The third-order valence-electron chi connectivity index (χ3n) is 1.86. The predicted octanol–water partition coefficient (Wildman–Crippen LogP) is 2.21. The van der Waals surface area contributed by atoms with Gasteiger partial charge in [0, 0.05) is 6.42 Å². The molecule has 3 heteroatoms. The van der Waals surface area contributed by atoms with E-state index in [9.17, 15) is 9.18 Å². The Morgan fingerprint density at radius 3 is 2.71 bits per heavy atom. The molecule has 1 N–H and O–H groups in total. The molecule has 76 valence electrons. The monoisotopic (exact) mass is 196 g/mol. The van der Waals surface area contributed by atoms with E-state index in [0.29, 0.717) is 6.42 Å². The summed E-state index contributed by atoms with van der Waals surface area (Å²) in [6, 6.07) is 7.04. The molecule has 1 rings (SSSR count). The molecule has 0 aliphatic rings. The summed E-state index contributed by atoms with van der Waals surface area (Å²) in [4.78, 5) is 10.4.